The lowest BCUT2D eigenvalue weighted by Gasteiger charge is -2.14. The van der Waals surface area contributed by atoms with Crippen LogP contribution in [-0.4, -0.2) is 50.4 Å². The number of benzene rings is 4. The van der Waals surface area contributed by atoms with E-state index in [0.717, 1.165) is 106 Å². The zero-order chi connectivity index (χ0) is 36.8. The Labute approximate surface area is 324 Å². The van der Waals surface area contributed by atoms with Gasteiger partial charge in [-0.1, -0.05) is 74.6 Å². The van der Waals surface area contributed by atoms with Crippen molar-refractivity contribution in [2.45, 2.75) is 77.0 Å². The number of fused-ring (bicyclic) bond motifs is 4. The lowest BCUT2D eigenvalue weighted by atomic mass is 10.1. The van der Waals surface area contributed by atoms with Crippen LogP contribution in [0.15, 0.2) is 72.8 Å². The molecule has 3 N–H and O–H groups in total. The fourth-order valence-electron chi connectivity index (χ4n) is 7.14. The van der Waals surface area contributed by atoms with Crippen molar-refractivity contribution < 1.29 is 9.47 Å². The summed E-state index contributed by atoms with van der Waals surface area (Å²) in [6.45, 7) is 4.11. The fraction of sp³-hybridized carbons (Fsp3) is 0.409. The van der Waals surface area contributed by atoms with E-state index in [4.69, 9.17) is 42.6 Å². The number of nitrogens with zero attached hydrogens (tertiary/aromatic N) is 2. The van der Waals surface area contributed by atoms with E-state index in [0.29, 0.717) is 10.0 Å². The largest absolute Gasteiger partial charge is 0.497 e. The molecule has 280 valence electrons. The molecule has 53 heavy (non-hydrogen) atoms. The predicted molar refractivity (Wildman–Crippen MR) is 227 cm³/mol. The summed E-state index contributed by atoms with van der Waals surface area (Å²) >= 11 is 12.6. The molecule has 0 aliphatic rings. The molecule has 0 aliphatic carbocycles. The van der Waals surface area contributed by atoms with Gasteiger partial charge in [0.05, 0.1) is 47.7 Å². The topological polar surface area (TPSA) is 80.3 Å². The maximum absolute atomic E-state index is 6.28. The van der Waals surface area contributed by atoms with E-state index in [1.807, 2.05) is 48.5 Å². The number of nitrogens with one attached hydrogen (secondary N) is 3. The molecule has 0 saturated heterocycles. The first-order chi connectivity index (χ1) is 26.0. The van der Waals surface area contributed by atoms with Crippen LogP contribution in [0.4, 0.5) is 11.4 Å². The Morgan fingerprint density at radius 1 is 0.434 bits per heavy atom. The summed E-state index contributed by atoms with van der Waals surface area (Å²) in [4.78, 5) is 9.68. The normalized spacial score (nSPS) is 11.5. The van der Waals surface area contributed by atoms with Gasteiger partial charge in [-0.2, -0.15) is 0 Å². The van der Waals surface area contributed by atoms with Crippen molar-refractivity contribution >= 4 is 78.2 Å². The van der Waals surface area contributed by atoms with Crippen LogP contribution in [-0.2, 0) is 0 Å². The average molecular weight is 755 g/mol. The van der Waals surface area contributed by atoms with E-state index >= 15 is 0 Å². The second-order valence-electron chi connectivity index (χ2n) is 13.9. The molecule has 0 fully saturated rings. The standard InChI is InChI=1S/C44H53Cl2N5O2/c1-52-33-17-21-39-37(29-33)43(35-19-15-31(45)27-41(35)50-39)48-25-13-9-5-3-7-11-23-47-24-12-8-4-6-10-14-26-49-44-36-20-16-32(46)28-42(36)51-40-22-18-34(53-2)30-38(40)44/h15-22,27-30,47H,3-14,23-26H2,1-2H3,(H,48,50)(H,49,51). The van der Waals surface area contributed by atoms with Gasteiger partial charge < -0.3 is 25.4 Å². The van der Waals surface area contributed by atoms with E-state index in [9.17, 15) is 0 Å². The second-order valence-corrected chi connectivity index (χ2v) is 14.8. The van der Waals surface area contributed by atoms with Gasteiger partial charge in [0.1, 0.15) is 11.5 Å². The third-order valence-corrected chi connectivity index (χ3v) is 10.5. The summed E-state index contributed by atoms with van der Waals surface area (Å²) < 4.78 is 11.0. The maximum Gasteiger partial charge on any atom is 0.119 e. The number of ether oxygens (including phenoxy) is 2. The molecule has 2 heterocycles. The minimum absolute atomic E-state index is 0.700. The monoisotopic (exact) mass is 753 g/mol. The van der Waals surface area contributed by atoms with Crippen LogP contribution in [0.2, 0.25) is 10.0 Å². The summed E-state index contributed by atoms with van der Waals surface area (Å²) in [5.74, 6) is 1.67. The van der Waals surface area contributed by atoms with Gasteiger partial charge in [-0.05, 0) is 112 Å². The Morgan fingerprint density at radius 2 is 0.830 bits per heavy atom. The van der Waals surface area contributed by atoms with E-state index in [1.165, 1.54) is 64.2 Å². The minimum Gasteiger partial charge on any atom is -0.497 e. The molecule has 0 amide bonds. The third kappa shape index (κ3) is 10.6. The number of methoxy groups -OCH3 is 2. The van der Waals surface area contributed by atoms with Crippen LogP contribution in [0.5, 0.6) is 11.5 Å². The van der Waals surface area contributed by atoms with E-state index in [1.54, 1.807) is 14.2 Å². The smallest absolute Gasteiger partial charge is 0.119 e. The molecule has 6 aromatic rings. The fourth-order valence-corrected chi connectivity index (χ4v) is 7.48. The van der Waals surface area contributed by atoms with Crippen LogP contribution in [0.25, 0.3) is 43.6 Å². The minimum atomic E-state index is 0.700. The number of hydrogen-bond acceptors (Lipinski definition) is 7. The Kier molecular flexibility index (Phi) is 14.5. The quantitative estimate of drug-likeness (QED) is 0.0470. The Bertz CT molecular complexity index is 1960. The summed E-state index contributed by atoms with van der Waals surface area (Å²) in [7, 11) is 3.40. The van der Waals surface area contributed by atoms with Gasteiger partial charge in [0.15, 0.2) is 0 Å². The van der Waals surface area contributed by atoms with Crippen molar-refractivity contribution in [3.63, 3.8) is 0 Å². The van der Waals surface area contributed by atoms with Crippen molar-refractivity contribution in [1.82, 2.24) is 15.3 Å². The predicted octanol–water partition coefficient (Wildman–Crippen LogP) is 12.2. The van der Waals surface area contributed by atoms with E-state index in [2.05, 4.69) is 40.2 Å². The Morgan fingerprint density at radius 3 is 1.25 bits per heavy atom. The highest BCUT2D eigenvalue weighted by Crippen LogP contribution is 2.36. The van der Waals surface area contributed by atoms with Crippen molar-refractivity contribution in [3.8, 4) is 11.5 Å². The lowest BCUT2D eigenvalue weighted by Crippen LogP contribution is -2.16. The van der Waals surface area contributed by atoms with Crippen LogP contribution in [0, 0.1) is 0 Å². The maximum atomic E-state index is 6.28. The molecule has 9 heteroatoms. The second kappa shape index (κ2) is 19.9. The first-order valence-electron chi connectivity index (χ1n) is 19.4. The molecule has 0 spiro atoms. The van der Waals surface area contributed by atoms with Crippen molar-refractivity contribution in [2.24, 2.45) is 0 Å². The molecule has 2 aromatic heterocycles. The molecule has 0 unspecified atom stereocenters. The van der Waals surface area contributed by atoms with Gasteiger partial charge in [-0.15, -0.1) is 0 Å². The van der Waals surface area contributed by atoms with Crippen LogP contribution >= 0.6 is 23.2 Å². The number of aromatic nitrogens is 2. The Hall–Kier alpha value is -4.04. The van der Waals surface area contributed by atoms with Crippen LogP contribution in [0.1, 0.15) is 77.0 Å². The number of unbranched alkanes of at least 4 members (excludes halogenated alkanes) is 10. The van der Waals surface area contributed by atoms with Crippen molar-refractivity contribution in [3.05, 3.63) is 82.8 Å². The van der Waals surface area contributed by atoms with Gasteiger partial charge in [-0.25, -0.2) is 9.97 Å². The van der Waals surface area contributed by atoms with Gasteiger partial charge in [0.25, 0.3) is 0 Å². The first kappa shape index (κ1) is 38.7. The van der Waals surface area contributed by atoms with Gasteiger partial charge in [-0.3, -0.25) is 0 Å². The number of rotatable bonds is 22. The highest BCUT2D eigenvalue weighted by atomic mass is 35.5. The van der Waals surface area contributed by atoms with Crippen molar-refractivity contribution in [2.75, 3.05) is 51.0 Å². The van der Waals surface area contributed by atoms with Gasteiger partial charge in [0.2, 0.25) is 0 Å². The molecule has 4 aromatic carbocycles. The molecular formula is C44H53Cl2N5O2. The highest BCUT2D eigenvalue weighted by molar-refractivity contribution is 6.32. The lowest BCUT2D eigenvalue weighted by molar-refractivity contribution is 0.415. The Balaban J connectivity index is 0.789. The molecule has 7 nitrogen and oxygen atoms in total. The molecule has 0 atom stereocenters. The summed E-state index contributed by atoms with van der Waals surface area (Å²) in [6, 6.07) is 23.9. The summed E-state index contributed by atoms with van der Waals surface area (Å²) in [5, 5.41) is 16.8. The molecule has 6 rings (SSSR count). The molecule has 0 radical (unpaired) electrons. The SMILES string of the molecule is COc1ccc2nc3cc(Cl)ccc3c(NCCCCCCCCNCCCCCCCCNc3c4ccc(Cl)cc4nc4ccc(OC)cc34)c2c1. The molecule has 0 saturated carbocycles. The van der Waals surface area contributed by atoms with Gasteiger partial charge >= 0.3 is 0 Å². The number of pyridine rings is 2. The number of hydrogen-bond donors (Lipinski definition) is 3. The summed E-state index contributed by atoms with van der Waals surface area (Å²) in [5.41, 5.74) is 5.91. The number of anilines is 2. The third-order valence-electron chi connectivity index (χ3n) is 10.1. The zero-order valence-electron chi connectivity index (χ0n) is 31.2. The number of halogens is 2. The van der Waals surface area contributed by atoms with E-state index < -0.39 is 0 Å². The molecular weight excluding hydrogens is 701 g/mol. The van der Waals surface area contributed by atoms with E-state index in [-0.39, 0.29) is 0 Å². The highest BCUT2D eigenvalue weighted by Gasteiger charge is 2.12. The average Bonchev–Trinajstić information content (AvgIpc) is 3.17. The van der Waals surface area contributed by atoms with Gasteiger partial charge in [0, 0.05) is 44.7 Å². The van der Waals surface area contributed by atoms with Crippen LogP contribution < -0.4 is 25.4 Å². The molecule has 0 aliphatic heterocycles. The summed E-state index contributed by atoms with van der Waals surface area (Å²) in [6.07, 6.45) is 15.0. The zero-order valence-corrected chi connectivity index (χ0v) is 32.7. The molecule has 0 bridgehead atoms. The first-order valence-corrected chi connectivity index (χ1v) is 20.1. The van der Waals surface area contributed by atoms with Crippen LogP contribution in [0.3, 0.4) is 0 Å². The van der Waals surface area contributed by atoms with Crippen molar-refractivity contribution in [1.29, 1.82) is 0 Å².